The number of piperidine rings is 1. The number of rotatable bonds is 10. The number of benzene rings is 1. The van der Waals surface area contributed by atoms with E-state index in [1.165, 1.54) is 0 Å². The zero-order chi connectivity index (χ0) is 28.7. The van der Waals surface area contributed by atoms with Crippen molar-refractivity contribution in [2.45, 2.75) is 77.8 Å². The number of halogens is 2. The molecule has 1 saturated carbocycles. The number of carbonyl (C=O) groups is 4. The highest BCUT2D eigenvalue weighted by Gasteiger charge is 2.39. The van der Waals surface area contributed by atoms with Gasteiger partial charge in [0.15, 0.2) is 0 Å². The van der Waals surface area contributed by atoms with Crippen LogP contribution in [0.5, 0.6) is 0 Å². The number of carbonyl (C=O) groups excluding carboxylic acids is 4. The summed E-state index contributed by atoms with van der Waals surface area (Å²) in [5.41, 5.74) is -0.854. The zero-order valence-corrected chi connectivity index (χ0v) is 22.9. The van der Waals surface area contributed by atoms with Gasteiger partial charge in [0.2, 0.25) is 18.2 Å². The topological polar surface area (TPSA) is 119 Å². The Morgan fingerprint density at radius 2 is 1.77 bits per heavy atom. The first-order valence-corrected chi connectivity index (χ1v) is 13.6. The SMILES string of the molecule is CC(C)(C)[C@H](NC(=O)C(CC1CCCC1)CN(O)C=O)C(=O)N1CCC(NC(=O)c2ccc(F)cc2F)CC1. The van der Waals surface area contributed by atoms with Crippen molar-refractivity contribution in [2.24, 2.45) is 17.3 Å². The molecule has 11 heteroatoms. The van der Waals surface area contributed by atoms with Crippen LogP contribution in [0.2, 0.25) is 0 Å². The van der Waals surface area contributed by atoms with Crippen molar-refractivity contribution in [1.82, 2.24) is 20.6 Å². The van der Waals surface area contributed by atoms with Crippen molar-refractivity contribution < 1.29 is 33.2 Å². The van der Waals surface area contributed by atoms with Gasteiger partial charge in [-0.1, -0.05) is 46.5 Å². The number of hydroxylamine groups is 2. The fourth-order valence-corrected chi connectivity index (χ4v) is 5.45. The van der Waals surface area contributed by atoms with E-state index in [0.29, 0.717) is 49.4 Å². The van der Waals surface area contributed by atoms with Crippen LogP contribution < -0.4 is 10.6 Å². The highest BCUT2D eigenvalue weighted by Crippen LogP contribution is 2.31. The van der Waals surface area contributed by atoms with Gasteiger partial charge in [0.25, 0.3) is 5.91 Å². The van der Waals surface area contributed by atoms with E-state index in [0.717, 1.165) is 37.8 Å². The molecule has 1 saturated heterocycles. The second-order valence-electron chi connectivity index (χ2n) is 11.8. The summed E-state index contributed by atoms with van der Waals surface area (Å²) in [4.78, 5) is 52.1. The number of amides is 4. The first kappa shape index (κ1) is 30.5. The predicted molar refractivity (Wildman–Crippen MR) is 139 cm³/mol. The first-order chi connectivity index (χ1) is 18.4. The summed E-state index contributed by atoms with van der Waals surface area (Å²) >= 11 is 0. The molecule has 9 nitrogen and oxygen atoms in total. The highest BCUT2D eigenvalue weighted by atomic mass is 19.1. The number of nitrogens with one attached hydrogen (secondary N) is 2. The molecule has 0 aromatic heterocycles. The summed E-state index contributed by atoms with van der Waals surface area (Å²) in [6, 6.07) is 1.66. The van der Waals surface area contributed by atoms with Crippen LogP contribution in [0.15, 0.2) is 18.2 Å². The van der Waals surface area contributed by atoms with E-state index in [1.807, 2.05) is 20.8 Å². The first-order valence-electron chi connectivity index (χ1n) is 13.6. The van der Waals surface area contributed by atoms with Crippen molar-refractivity contribution in [3.63, 3.8) is 0 Å². The monoisotopic (exact) mass is 550 g/mol. The van der Waals surface area contributed by atoms with Gasteiger partial charge in [0.05, 0.1) is 18.0 Å². The largest absolute Gasteiger partial charge is 0.349 e. The quantitative estimate of drug-likeness (QED) is 0.235. The maximum absolute atomic E-state index is 14.0. The van der Waals surface area contributed by atoms with E-state index in [4.69, 9.17) is 0 Å². The van der Waals surface area contributed by atoms with Gasteiger partial charge in [-0.15, -0.1) is 0 Å². The van der Waals surface area contributed by atoms with Crippen LogP contribution in [-0.4, -0.2) is 71.0 Å². The lowest BCUT2D eigenvalue weighted by molar-refractivity contribution is -0.156. The third-order valence-electron chi connectivity index (χ3n) is 7.71. The third kappa shape index (κ3) is 8.45. The van der Waals surface area contributed by atoms with Gasteiger partial charge in [-0.2, -0.15) is 0 Å². The van der Waals surface area contributed by atoms with Crippen LogP contribution >= 0.6 is 0 Å². The Morgan fingerprint density at radius 3 is 2.33 bits per heavy atom. The van der Waals surface area contributed by atoms with E-state index >= 15 is 0 Å². The molecule has 216 valence electrons. The number of hydrogen-bond acceptors (Lipinski definition) is 5. The van der Waals surface area contributed by atoms with Crippen LogP contribution in [0.25, 0.3) is 0 Å². The summed E-state index contributed by atoms with van der Waals surface area (Å²) in [5.74, 6) is -3.28. The molecule has 1 aromatic carbocycles. The molecule has 1 unspecified atom stereocenters. The highest BCUT2D eigenvalue weighted by molar-refractivity contribution is 5.94. The molecule has 39 heavy (non-hydrogen) atoms. The van der Waals surface area contributed by atoms with Crippen molar-refractivity contribution in [2.75, 3.05) is 19.6 Å². The van der Waals surface area contributed by atoms with Crippen molar-refractivity contribution in [1.29, 1.82) is 0 Å². The minimum Gasteiger partial charge on any atom is -0.349 e. The molecule has 2 fully saturated rings. The van der Waals surface area contributed by atoms with Crippen molar-refractivity contribution in [3.8, 4) is 0 Å². The summed E-state index contributed by atoms with van der Waals surface area (Å²) in [7, 11) is 0. The molecule has 4 amide bonds. The maximum atomic E-state index is 14.0. The second-order valence-corrected chi connectivity index (χ2v) is 11.8. The van der Waals surface area contributed by atoms with Crippen LogP contribution in [0.4, 0.5) is 8.78 Å². The Morgan fingerprint density at radius 1 is 1.13 bits per heavy atom. The fraction of sp³-hybridized carbons (Fsp3) is 0.643. The second kappa shape index (κ2) is 13.3. The molecule has 0 radical (unpaired) electrons. The average molecular weight is 551 g/mol. The lowest BCUT2D eigenvalue weighted by atomic mass is 9.84. The molecule has 0 bridgehead atoms. The lowest BCUT2D eigenvalue weighted by Crippen LogP contribution is -2.58. The maximum Gasteiger partial charge on any atom is 0.254 e. The zero-order valence-electron chi connectivity index (χ0n) is 22.9. The minimum atomic E-state index is -0.937. The molecule has 1 heterocycles. The Kier molecular flexibility index (Phi) is 10.4. The normalized spacial score (nSPS) is 18.4. The fourth-order valence-electron chi connectivity index (χ4n) is 5.45. The van der Waals surface area contributed by atoms with Crippen LogP contribution in [0, 0.1) is 28.9 Å². The van der Waals surface area contributed by atoms with Crippen LogP contribution in [0.1, 0.15) is 76.1 Å². The van der Waals surface area contributed by atoms with Crippen molar-refractivity contribution in [3.05, 3.63) is 35.4 Å². The Balaban J connectivity index is 1.61. The molecule has 3 rings (SSSR count). The Hall–Kier alpha value is -3.08. The summed E-state index contributed by atoms with van der Waals surface area (Å²) in [6.45, 7) is 6.09. The van der Waals surface area contributed by atoms with Gasteiger partial charge in [-0.05, 0) is 42.7 Å². The minimum absolute atomic E-state index is 0.142. The number of hydrogen-bond donors (Lipinski definition) is 3. The standard InChI is InChI=1S/C28H40F2N4O5/c1-28(2,3)24(32-25(36)19(16-34(39)17-35)14-18-6-4-5-7-18)27(38)33-12-10-21(11-13-33)31-26(37)22-9-8-20(29)15-23(22)30/h8-9,15,17-19,21,24,39H,4-7,10-14,16H2,1-3H3,(H,31,37)(H,32,36)/t19?,24-/m1/s1. The molecule has 2 aliphatic rings. The lowest BCUT2D eigenvalue weighted by Gasteiger charge is -2.39. The van der Waals surface area contributed by atoms with Crippen LogP contribution in [-0.2, 0) is 14.4 Å². The Labute approximate surface area is 228 Å². The van der Waals surface area contributed by atoms with E-state index in [9.17, 15) is 33.2 Å². The van der Waals surface area contributed by atoms with Crippen molar-refractivity contribution >= 4 is 24.1 Å². The van der Waals surface area contributed by atoms with E-state index in [1.54, 1.807) is 4.90 Å². The molecule has 1 aliphatic carbocycles. The van der Waals surface area contributed by atoms with Gasteiger partial charge >= 0.3 is 0 Å². The van der Waals surface area contributed by atoms with Gasteiger partial charge < -0.3 is 15.5 Å². The van der Waals surface area contributed by atoms with Crippen LogP contribution in [0.3, 0.4) is 0 Å². The molecule has 2 atom stereocenters. The summed E-state index contributed by atoms with van der Waals surface area (Å²) in [5, 5.41) is 15.9. The van der Waals surface area contributed by atoms with Gasteiger partial charge in [0, 0.05) is 25.2 Å². The molecular weight excluding hydrogens is 510 g/mol. The molecular formula is C28H40F2N4O5. The average Bonchev–Trinajstić information content (AvgIpc) is 3.39. The molecule has 1 aromatic rings. The van der Waals surface area contributed by atoms with E-state index in [-0.39, 0.29) is 36.4 Å². The number of nitrogens with zero attached hydrogens (tertiary/aromatic N) is 2. The molecule has 3 N–H and O–H groups in total. The number of likely N-dealkylation sites (tertiary alicyclic amines) is 1. The summed E-state index contributed by atoms with van der Waals surface area (Å²) in [6.07, 6.45) is 5.86. The molecule has 0 spiro atoms. The molecule has 1 aliphatic heterocycles. The Bertz CT molecular complexity index is 1030. The van der Waals surface area contributed by atoms with Gasteiger partial charge in [0.1, 0.15) is 17.7 Å². The van der Waals surface area contributed by atoms with E-state index in [2.05, 4.69) is 10.6 Å². The third-order valence-corrected chi connectivity index (χ3v) is 7.71. The van der Waals surface area contributed by atoms with Gasteiger partial charge in [-0.3, -0.25) is 24.4 Å². The predicted octanol–water partition coefficient (Wildman–Crippen LogP) is 3.26. The van der Waals surface area contributed by atoms with Gasteiger partial charge in [-0.25, -0.2) is 13.8 Å². The smallest absolute Gasteiger partial charge is 0.254 e. The van der Waals surface area contributed by atoms with E-state index < -0.39 is 34.9 Å². The summed E-state index contributed by atoms with van der Waals surface area (Å²) < 4.78 is 27.1.